The lowest BCUT2D eigenvalue weighted by Gasteiger charge is -2.37. The van der Waals surface area contributed by atoms with E-state index in [4.69, 9.17) is 14.6 Å². The summed E-state index contributed by atoms with van der Waals surface area (Å²) in [5, 5.41) is 12.0. The standard InChI is InChI=1S/C22H21NO6/c1-12(2)14-8-9-17-18(10-14)29-21(11-28-20(26)27)16-7-5-4-6-15(16)19(25)22(17,21)23-13(3)24/h4-10,12H,11H2,1-3H3,(H,23,24)(H,26,27). The van der Waals surface area contributed by atoms with Crippen LogP contribution in [0.15, 0.2) is 42.5 Å². The molecule has 7 nitrogen and oxygen atoms in total. The average molecular weight is 395 g/mol. The van der Waals surface area contributed by atoms with E-state index in [1.807, 2.05) is 26.0 Å². The fraction of sp³-hybridized carbons (Fsp3) is 0.318. The van der Waals surface area contributed by atoms with Gasteiger partial charge in [0.2, 0.25) is 11.5 Å². The number of carbonyl (C=O) groups excluding carboxylic acids is 2. The summed E-state index contributed by atoms with van der Waals surface area (Å²) < 4.78 is 11.3. The third-order valence-corrected chi connectivity index (χ3v) is 5.68. The van der Waals surface area contributed by atoms with Crippen molar-refractivity contribution < 1.29 is 29.0 Å². The number of Topliss-reactive ketones (excluding diaryl/α,β-unsaturated/α-hetero) is 1. The first-order chi connectivity index (χ1) is 13.7. The van der Waals surface area contributed by atoms with Crippen molar-refractivity contribution in [2.24, 2.45) is 0 Å². The molecule has 7 heteroatoms. The van der Waals surface area contributed by atoms with Gasteiger partial charge in [-0.15, -0.1) is 0 Å². The van der Waals surface area contributed by atoms with Crippen LogP contribution in [0.1, 0.15) is 53.7 Å². The van der Waals surface area contributed by atoms with Crippen LogP contribution in [0.4, 0.5) is 4.79 Å². The van der Waals surface area contributed by atoms with E-state index in [2.05, 4.69) is 5.32 Å². The molecule has 2 N–H and O–H groups in total. The van der Waals surface area contributed by atoms with Gasteiger partial charge in [-0.2, -0.15) is 0 Å². The zero-order chi connectivity index (χ0) is 21.0. The van der Waals surface area contributed by atoms with Gasteiger partial charge >= 0.3 is 6.16 Å². The summed E-state index contributed by atoms with van der Waals surface area (Å²) >= 11 is 0. The third kappa shape index (κ3) is 2.46. The first-order valence-electron chi connectivity index (χ1n) is 9.35. The van der Waals surface area contributed by atoms with E-state index in [9.17, 15) is 14.4 Å². The van der Waals surface area contributed by atoms with Crippen LogP contribution in [-0.4, -0.2) is 29.6 Å². The van der Waals surface area contributed by atoms with Crippen LogP contribution >= 0.6 is 0 Å². The summed E-state index contributed by atoms with van der Waals surface area (Å²) in [7, 11) is 0. The SMILES string of the molecule is CC(=O)NC12C(=O)c3ccccc3C1(COC(=O)O)Oc1cc(C(C)C)ccc12. The predicted molar refractivity (Wildman–Crippen MR) is 103 cm³/mol. The number of nitrogens with one attached hydrogen (secondary N) is 1. The maximum atomic E-state index is 13.7. The number of amides is 1. The number of benzene rings is 2. The summed E-state index contributed by atoms with van der Waals surface area (Å²) in [6, 6.07) is 12.3. The second-order valence-electron chi connectivity index (χ2n) is 7.70. The molecule has 2 unspecified atom stereocenters. The molecule has 2 aliphatic rings. The Morgan fingerprint density at radius 1 is 1.17 bits per heavy atom. The molecular weight excluding hydrogens is 374 g/mol. The van der Waals surface area contributed by atoms with Crippen molar-refractivity contribution in [2.75, 3.05) is 6.61 Å². The molecule has 1 heterocycles. The molecule has 0 fully saturated rings. The Bertz CT molecular complexity index is 1050. The molecule has 0 radical (unpaired) electrons. The van der Waals surface area contributed by atoms with E-state index >= 15 is 0 Å². The smallest absolute Gasteiger partial charge is 0.475 e. The molecule has 0 spiro atoms. The lowest BCUT2D eigenvalue weighted by Crippen LogP contribution is -2.61. The minimum Gasteiger partial charge on any atom is -0.475 e. The highest BCUT2D eigenvalue weighted by atomic mass is 16.7. The molecule has 1 amide bonds. The number of fused-ring (bicyclic) bond motifs is 5. The number of hydrogen-bond acceptors (Lipinski definition) is 5. The summed E-state index contributed by atoms with van der Waals surface area (Å²) in [6.07, 6.45) is -1.49. The van der Waals surface area contributed by atoms with E-state index < -0.39 is 29.8 Å². The molecule has 1 aliphatic carbocycles. The lowest BCUT2D eigenvalue weighted by atomic mass is 9.76. The van der Waals surface area contributed by atoms with Gasteiger partial charge in [0.15, 0.2) is 11.3 Å². The highest BCUT2D eigenvalue weighted by Gasteiger charge is 2.72. The van der Waals surface area contributed by atoms with Gasteiger partial charge < -0.3 is 19.9 Å². The zero-order valence-electron chi connectivity index (χ0n) is 16.3. The Labute approximate surface area is 167 Å². The molecule has 2 aromatic carbocycles. The maximum Gasteiger partial charge on any atom is 0.505 e. The number of ketones is 1. The topological polar surface area (TPSA) is 102 Å². The summed E-state index contributed by atoms with van der Waals surface area (Å²) in [4.78, 5) is 37.1. The van der Waals surface area contributed by atoms with Crippen molar-refractivity contribution in [3.8, 4) is 5.75 Å². The van der Waals surface area contributed by atoms with Crippen LogP contribution in [0.5, 0.6) is 5.75 Å². The highest BCUT2D eigenvalue weighted by Crippen LogP contribution is 2.59. The largest absolute Gasteiger partial charge is 0.505 e. The van der Waals surface area contributed by atoms with Gasteiger partial charge in [0.1, 0.15) is 12.4 Å². The van der Waals surface area contributed by atoms with Crippen molar-refractivity contribution >= 4 is 17.8 Å². The molecule has 0 saturated heterocycles. The molecule has 29 heavy (non-hydrogen) atoms. The Hall–Kier alpha value is -3.35. The third-order valence-electron chi connectivity index (χ3n) is 5.68. The lowest BCUT2D eigenvalue weighted by molar-refractivity contribution is -0.124. The van der Waals surface area contributed by atoms with Crippen LogP contribution in [0.3, 0.4) is 0 Å². The fourth-order valence-corrected chi connectivity index (χ4v) is 4.44. The number of hydrogen-bond donors (Lipinski definition) is 2. The van der Waals surface area contributed by atoms with E-state index in [1.165, 1.54) is 6.92 Å². The fourth-order valence-electron chi connectivity index (χ4n) is 4.44. The van der Waals surface area contributed by atoms with Crippen molar-refractivity contribution in [1.29, 1.82) is 0 Å². The molecule has 4 rings (SSSR count). The molecule has 2 atom stereocenters. The average Bonchev–Trinajstić information content (AvgIpc) is 3.05. The predicted octanol–water partition coefficient (Wildman–Crippen LogP) is 3.32. The summed E-state index contributed by atoms with van der Waals surface area (Å²) in [5.41, 5.74) is -0.786. The molecule has 2 aromatic rings. The van der Waals surface area contributed by atoms with Gasteiger partial charge in [-0.1, -0.05) is 50.2 Å². The Morgan fingerprint density at radius 2 is 1.90 bits per heavy atom. The van der Waals surface area contributed by atoms with Crippen LogP contribution < -0.4 is 10.1 Å². The van der Waals surface area contributed by atoms with Crippen molar-refractivity contribution in [2.45, 2.75) is 37.8 Å². The van der Waals surface area contributed by atoms with E-state index in [0.717, 1.165) is 5.56 Å². The van der Waals surface area contributed by atoms with Crippen LogP contribution in [0.2, 0.25) is 0 Å². The van der Waals surface area contributed by atoms with Gasteiger partial charge in [-0.05, 0) is 17.5 Å². The van der Waals surface area contributed by atoms with Crippen LogP contribution in [0, 0.1) is 0 Å². The van der Waals surface area contributed by atoms with Crippen molar-refractivity contribution in [3.05, 3.63) is 64.7 Å². The van der Waals surface area contributed by atoms with Crippen molar-refractivity contribution in [3.63, 3.8) is 0 Å². The minimum atomic E-state index is -1.61. The first kappa shape index (κ1) is 19.0. The molecule has 150 valence electrons. The summed E-state index contributed by atoms with van der Waals surface area (Å²) in [6.45, 7) is 4.93. The van der Waals surface area contributed by atoms with Gasteiger partial charge in [0.05, 0.1) is 0 Å². The van der Waals surface area contributed by atoms with E-state index in [-0.39, 0.29) is 11.7 Å². The van der Waals surface area contributed by atoms with Gasteiger partial charge in [-0.25, -0.2) is 4.79 Å². The number of ether oxygens (including phenoxy) is 2. The Kier molecular flexibility index (Phi) is 4.15. The normalized spacial score (nSPS) is 23.8. The molecular formula is C22H21NO6. The number of carbonyl (C=O) groups is 3. The molecule has 0 bridgehead atoms. The monoisotopic (exact) mass is 395 g/mol. The summed E-state index contributed by atoms with van der Waals surface area (Å²) in [5.74, 6) is -0.138. The van der Waals surface area contributed by atoms with E-state index in [0.29, 0.717) is 22.4 Å². The Balaban J connectivity index is 2.01. The number of rotatable bonds is 4. The molecule has 0 aromatic heterocycles. The highest BCUT2D eigenvalue weighted by molar-refractivity contribution is 6.12. The minimum absolute atomic E-state index is 0.218. The van der Waals surface area contributed by atoms with Gasteiger partial charge in [0, 0.05) is 23.6 Å². The van der Waals surface area contributed by atoms with Crippen LogP contribution in [-0.2, 0) is 20.7 Å². The number of carboxylic acid groups (broad SMARTS) is 1. The van der Waals surface area contributed by atoms with Gasteiger partial charge in [-0.3, -0.25) is 9.59 Å². The second kappa shape index (κ2) is 6.34. The van der Waals surface area contributed by atoms with Crippen molar-refractivity contribution in [1.82, 2.24) is 5.32 Å². The maximum absolute atomic E-state index is 13.7. The molecule has 0 saturated carbocycles. The molecule has 1 aliphatic heterocycles. The Morgan fingerprint density at radius 3 is 2.55 bits per heavy atom. The van der Waals surface area contributed by atoms with E-state index in [1.54, 1.807) is 30.3 Å². The first-order valence-corrected chi connectivity index (χ1v) is 9.35. The quantitative estimate of drug-likeness (QED) is 0.770. The van der Waals surface area contributed by atoms with Crippen LogP contribution in [0.25, 0.3) is 0 Å². The van der Waals surface area contributed by atoms with Gasteiger partial charge in [0.25, 0.3) is 0 Å². The zero-order valence-corrected chi connectivity index (χ0v) is 16.3. The second-order valence-corrected chi connectivity index (χ2v) is 7.70.